The number of ether oxygens (including phenoxy) is 1. The molecule has 0 saturated carbocycles. The number of carbonyl (C=O) groups excluding carboxylic acids is 2. The molecule has 0 fully saturated rings. The average Bonchev–Trinajstić information content (AvgIpc) is 2.47. The topological polar surface area (TPSA) is 83.8 Å². The van der Waals surface area contributed by atoms with Gasteiger partial charge in [-0.2, -0.15) is 0 Å². The minimum atomic E-state index is -0.612. The van der Waals surface area contributed by atoms with Gasteiger partial charge >= 0.3 is 11.9 Å². The van der Waals surface area contributed by atoms with Crippen molar-refractivity contribution in [2.45, 2.75) is 46.3 Å². The van der Waals surface area contributed by atoms with Gasteiger partial charge in [-0.25, -0.2) is 9.59 Å². The first kappa shape index (κ1) is 15.8. The summed E-state index contributed by atoms with van der Waals surface area (Å²) >= 11 is 0. The Hall–Kier alpha value is -1.20. The van der Waals surface area contributed by atoms with E-state index in [0.29, 0.717) is 6.42 Å². The Labute approximate surface area is 101 Å². The lowest BCUT2D eigenvalue weighted by atomic mass is 9.88. The molecule has 1 rings (SSSR count). The first-order chi connectivity index (χ1) is 7.61. The Balaban J connectivity index is 0.000000318. The summed E-state index contributed by atoms with van der Waals surface area (Å²) in [4.78, 5) is 19.8. The molecule has 5 heteroatoms. The SMILES string of the molecule is CC(O)C(O)CC(C)(C)C.O=C1C=CC(=O)O1. The predicted molar refractivity (Wildman–Crippen MR) is 62.0 cm³/mol. The highest BCUT2D eigenvalue weighted by molar-refractivity contribution is 6.04. The second-order valence-electron chi connectivity index (χ2n) is 5.15. The predicted octanol–water partition coefficient (Wildman–Crippen LogP) is 0.790. The van der Waals surface area contributed by atoms with Crippen LogP contribution in [0.4, 0.5) is 0 Å². The fourth-order valence-electron chi connectivity index (χ4n) is 1.10. The van der Waals surface area contributed by atoms with Crippen LogP contribution in [-0.2, 0) is 14.3 Å². The molecule has 2 unspecified atom stereocenters. The number of hydrogen-bond acceptors (Lipinski definition) is 5. The van der Waals surface area contributed by atoms with E-state index in [1.54, 1.807) is 6.92 Å². The maximum Gasteiger partial charge on any atom is 0.338 e. The van der Waals surface area contributed by atoms with Crippen LogP contribution in [-0.4, -0.2) is 34.4 Å². The van der Waals surface area contributed by atoms with Gasteiger partial charge in [-0.3, -0.25) is 0 Å². The summed E-state index contributed by atoms with van der Waals surface area (Å²) < 4.78 is 3.97. The van der Waals surface area contributed by atoms with Crippen molar-refractivity contribution < 1.29 is 24.5 Å². The van der Waals surface area contributed by atoms with Crippen molar-refractivity contribution >= 4 is 11.9 Å². The molecule has 0 spiro atoms. The third kappa shape index (κ3) is 8.59. The van der Waals surface area contributed by atoms with Gasteiger partial charge in [-0.05, 0) is 18.8 Å². The summed E-state index contributed by atoms with van der Waals surface area (Å²) in [5.74, 6) is -1.16. The number of aliphatic hydroxyl groups excluding tert-OH is 2. The van der Waals surface area contributed by atoms with Crippen LogP contribution in [0.3, 0.4) is 0 Å². The number of aliphatic hydroxyl groups is 2. The molecule has 0 aromatic heterocycles. The molecule has 0 aromatic rings. The minimum absolute atomic E-state index is 0.0937. The van der Waals surface area contributed by atoms with Crippen LogP contribution in [0.1, 0.15) is 34.1 Å². The Morgan fingerprint density at radius 3 is 1.71 bits per heavy atom. The molecule has 2 atom stereocenters. The smallest absolute Gasteiger partial charge is 0.338 e. The van der Waals surface area contributed by atoms with Gasteiger partial charge < -0.3 is 14.9 Å². The van der Waals surface area contributed by atoms with Gasteiger partial charge in [0.1, 0.15) is 0 Å². The third-order valence-corrected chi connectivity index (χ3v) is 1.94. The number of rotatable bonds is 2. The van der Waals surface area contributed by atoms with Gasteiger partial charge in [-0.1, -0.05) is 20.8 Å². The molecule has 5 nitrogen and oxygen atoms in total. The minimum Gasteiger partial charge on any atom is -0.391 e. The lowest BCUT2D eigenvalue weighted by molar-refractivity contribution is -0.150. The number of esters is 2. The number of cyclic esters (lactones) is 2. The van der Waals surface area contributed by atoms with Crippen molar-refractivity contribution in [3.63, 3.8) is 0 Å². The van der Waals surface area contributed by atoms with Gasteiger partial charge in [-0.15, -0.1) is 0 Å². The third-order valence-electron chi connectivity index (χ3n) is 1.94. The zero-order valence-corrected chi connectivity index (χ0v) is 10.6. The Kier molecular flexibility index (Phi) is 6.05. The fourth-order valence-corrected chi connectivity index (χ4v) is 1.10. The highest BCUT2D eigenvalue weighted by Gasteiger charge is 2.19. The van der Waals surface area contributed by atoms with Crippen LogP contribution in [0.2, 0.25) is 0 Å². The molecule has 17 heavy (non-hydrogen) atoms. The van der Waals surface area contributed by atoms with E-state index in [1.807, 2.05) is 20.8 Å². The van der Waals surface area contributed by atoms with Crippen LogP contribution >= 0.6 is 0 Å². The van der Waals surface area contributed by atoms with Crippen LogP contribution in [0.15, 0.2) is 12.2 Å². The quantitative estimate of drug-likeness (QED) is 0.554. The van der Waals surface area contributed by atoms with Gasteiger partial charge in [0.05, 0.1) is 12.2 Å². The molecule has 0 amide bonds. The molecule has 1 heterocycles. The fraction of sp³-hybridized carbons (Fsp3) is 0.667. The van der Waals surface area contributed by atoms with E-state index in [-0.39, 0.29) is 5.41 Å². The number of carbonyl (C=O) groups is 2. The molecule has 0 radical (unpaired) electrons. The summed E-state index contributed by atoms with van der Waals surface area (Å²) in [6, 6.07) is 0. The molecular formula is C12H20O5. The molecule has 2 N–H and O–H groups in total. The molecule has 0 aliphatic carbocycles. The first-order valence-corrected chi connectivity index (χ1v) is 5.42. The molecule has 1 aliphatic rings. The Morgan fingerprint density at radius 2 is 1.59 bits per heavy atom. The van der Waals surface area contributed by atoms with Crippen molar-refractivity contribution in [2.24, 2.45) is 5.41 Å². The lowest BCUT2D eigenvalue weighted by Crippen LogP contribution is -2.27. The van der Waals surface area contributed by atoms with Crippen LogP contribution in [0.5, 0.6) is 0 Å². The van der Waals surface area contributed by atoms with Crippen molar-refractivity contribution in [1.29, 1.82) is 0 Å². The Morgan fingerprint density at radius 1 is 1.18 bits per heavy atom. The summed E-state index contributed by atoms with van der Waals surface area (Å²) in [6.07, 6.45) is 1.62. The normalized spacial score (nSPS) is 18.2. The standard InChI is InChI=1S/C8H18O2.C4H2O3/c1-6(9)7(10)5-8(2,3)4;5-3-1-2-4(6)7-3/h6-7,9-10H,5H2,1-4H3;1-2H. The molecule has 98 valence electrons. The second-order valence-corrected chi connectivity index (χ2v) is 5.15. The molecule has 1 aliphatic heterocycles. The van der Waals surface area contributed by atoms with Gasteiger partial charge in [0.2, 0.25) is 0 Å². The van der Waals surface area contributed by atoms with E-state index in [0.717, 1.165) is 12.2 Å². The largest absolute Gasteiger partial charge is 0.391 e. The lowest BCUT2D eigenvalue weighted by Gasteiger charge is -2.23. The molecule has 0 bridgehead atoms. The maximum absolute atomic E-state index is 9.92. The average molecular weight is 244 g/mol. The van der Waals surface area contributed by atoms with E-state index in [2.05, 4.69) is 4.74 Å². The van der Waals surface area contributed by atoms with E-state index in [4.69, 9.17) is 5.11 Å². The van der Waals surface area contributed by atoms with Gasteiger partial charge in [0, 0.05) is 12.2 Å². The summed E-state index contributed by atoms with van der Waals surface area (Å²) in [5, 5.41) is 18.1. The van der Waals surface area contributed by atoms with Gasteiger partial charge in [0.25, 0.3) is 0 Å². The monoisotopic (exact) mass is 244 g/mol. The zero-order chi connectivity index (χ0) is 13.6. The van der Waals surface area contributed by atoms with Crippen molar-refractivity contribution in [2.75, 3.05) is 0 Å². The summed E-state index contributed by atoms with van der Waals surface area (Å²) in [6.45, 7) is 7.73. The highest BCUT2D eigenvalue weighted by atomic mass is 16.6. The van der Waals surface area contributed by atoms with Crippen LogP contribution < -0.4 is 0 Å². The van der Waals surface area contributed by atoms with Crippen LogP contribution in [0, 0.1) is 5.41 Å². The van der Waals surface area contributed by atoms with E-state index in [1.165, 1.54) is 0 Å². The van der Waals surface area contributed by atoms with Crippen molar-refractivity contribution in [1.82, 2.24) is 0 Å². The molecular weight excluding hydrogens is 224 g/mol. The van der Waals surface area contributed by atoms with Gasteiger partial charge in [0.15, 0.2) is 0 Å². The molecule has 0 saturated heterocycles. The van der Waals surface area contributed by atoms with E-state index >= 15 is 0 Å². The summed E-state index contributed by atoms with van der Waals surface area (Å²) in [5.41, 5.74) is 0.0937. The highest BCUT2D eigenvalue weighted by Crippen LogP contribution is 2.21. The van der Waals surface area contributed by atoms with Crippen molar-refractivity contribution in [3.05, 3.63) is 12.2 Å². The van der Waals surface area contributed by atoms with E-state index in [9.17, 15) is 14.7 Å². The number of hydrogen-bond donors (Lipinski definition) is 2. The van der Waals surface area contributed by atoms with E-state index < -0.39 is 24.1 Å². The molecule has 0 aromatic carbocycles. The van der Waals surface area contributed by atoms with Crippen molar-refractivity contribution in [3.8, 4) is 0 Å². The second kappa shape index (κ2) is 6.51. The first-order valence-electron chi connectivity index (χ1n) is 5.42. The maximum atomic E-state index is 9.92. The summed E-state index contributed by atoms with van der Waals surface area (Å²) in [7, 11) is 0. The van der Waals surface area contributed by atoms with Crippen LogP contribution in [0.25, 0.3) is 0 Å². The zero-order valence-electron chi connectivity index (χ0n) is 10.6. The Bertz CT molecular complexity index is 283.